The van der Waals surface area contributed by atoms with Crippen molar-refractivity contribution in [3.8, 4) is 11.8 Å². The number of anilines is 1. The molecule has 1 N–H and O–H groups in total. The van der Waals surface area contributed by atoms with Gasteiger partial charge >= 0.3 is 11.8 Å². The molecule has 4 aliphatic heterocycles. The van der Waals surface area contributed by atoms with Gasteiger partial charge in [0.2, 0.25) is 5.91 Å². The van der Waals surface area contributed by atoms with E-state index in [1.165, 1.54) is 6.08 Å². The van der Waals surface area contributed by atoms with Crippen LogP contribution in [0.5, 0.6) is 11.8 Å². The Balaban J connectivity index is 1.22. The minimum absolute atomic E-state index is 0.0408. The van der Waals surface area contributed by atoms with Crippen molar-refractivity contribution in [2.75, 3.05) is 51.3 Å². The Morgan fingerprint density at radius 2 is 2.09 bits per heavy atom. The predicted molar refractivity (Wildman–Crippen MR) is 168 cm³/mol. The minimum Gasteiger partial charge on any atom is -0.508 e. The fraction of sp³-hybridized carbons (Fsp3) is 0.471. The normalized spacial score (nSPS) is 25.4. The van der Waals surface area contributed by atoms with Crippen molar-refractivity contribution < 1.29 is 23.6 Å². The second-order valence-corrected chi connectivity index (χ2v) is 12.8. The summed E-state index contributed by atoms with van der Waals surface area (Å²) in [6.45, 7) is 8.00. The number of halogens is 1. The van der Waals surface area contributed by atoms with Crippen molar-refractivity contribution in [3.63, 3.8) is 0 Å². The molecule has 7 rings (SSSR count). The van der Waals surface area contributed by atoms with E-state index in [-0.39, 0.29) is 23.1 Å². The van der Waals surface area contributed by atoms with E-state index in [0.717, 1.165) is 72.3 Å². The predicted octanol–water partition coefficient (Wildman–Crippen LogP) is 4.23. The summed E-state index contributed by atoms with van der Waals surface area (Å²) in [4.78, 5) is 28.4. The molecule has 2 aromatic carbocycles. The average molecular weight is 600 g/mol. The summed E-state index contributed by atoms with van der Waals surface area (Å²) in [5.41, 5.74) is 2.62. The smallest absolute Gasteiger partial charge is 0.434 e. The third-order valence-corrected chi connectivity index (χ3v) is 9.90. The number of phenols is 1. The van der Waals surface area contributed by atoms with Gasteiger partial charge in [-0.3, -0.25) is 9.69 Å². The van der Waals surface area contributed by atoms with Crippen LogP contribution >= 0.6 is 0 Å². The number of fused-ring (bicyclic) bond motifs is 3. The first-order valence-corrected chi connectivity index (χ1v) is 15.7. The zero-order chi connectivity index (χ0) is 30.4. The molecule has 0 saturated carbocycles. The molecule has 3 atom stereocenters. The van der Waals surface area contributed by atoms with Crippen LogP contribution in [0.4, 0.5) is 15.9 Å². The molecule has 3 aromatic rings. The zero-order valence-electron chi connectivity index (χ0n) is 25.3. The summed E-state index contributed by atoms with van der Waals surface area (Å²) >= 11 is 0. The van der Waals surface area contributed by atoms with Crippen LogP contribution in [0.15, 0.2) is 49.1 Å². The number of phenolic OH excluding ortho intramolecular Hbond substituents is 1. The number of carbonyl (C=O) groups excluding carboxylic acids is 1. The Morgan fingerprint density at radius 1 is 1.23 bits per heavy atom. The van der Waals surface area contributed by atoms with E-state index in [0.29, 0.717) is 45.2 Å². The Labute approximate surface area is 257 Å². The molecule has 3 fully saturated rings. The number of benzene rings is 2. The SMILES string of the molecule is C=CC(=O)N1CCC(C=[N+](C)c2nc(OC[C@@]34CCCN3C[C@H](F)C4)nc3c2CCN(c2cc(O)cc4ccccc24)C3)C1. The molecule has 3 saturated heterocycles. The van der Waals surface area contributed by atoms with Gasteiger partial charge in [0.15, 0.2) is 0 Å². The molecular formula is C34H40FN6O3+. The minimum atomic E-state index is -0.829. The lowest BCUT2D eigenvalue weighted by molar-refractivity contribution is -0.407. The van der Waals surface area contributed by atoms with E-state index in [1.807, 2.05) is 36.2 Å². The summed E-state index contributed by atoms with van der Waals surface area (Å²) in [7, 11) is 2.00. The van der Waals surface area contributed by atoms with Crippen molar-refractivity contribution in [1.29, 1.82) is 0 Å². The van der Waals surface area contributed by atoms with Crippen LogP contribution in [-0.4, -0.2) is 99.7 Å². The number of rotatable bonds is 7. The van der Waals surface area contributed by atoms with Gasteiger partial charge in [0.25, 0.3) is 0 Å². The Bertz CT molecular complexity index is 1640. The molecule has 230 valence electrons. The van der Waals surface area contributed by atoms with Gasteiger partial charge < -0.3 is 19.6 Å². The fourth-order valence-corrected chi connectivity index (χ4v) is 7.76. The van der Waals surface area contributed by atoms with Crippen LogP contribution in [-0.2, 0) is 17.8 Å². The number of ether oxygens (including phenoxy) is 1. The van der Waals surface area contributed by atoms with Crippen molar-refractivity contribution in [1.82, 2.24) is 19.8 Å². The summed E-state index contributed by atoms with van der Waals surface area (Å²) in [5.74, 6) is 1.19. The first-order valence-electron chi connectivity index (χ1n) is 15.7. The van der Waals surface area contributed by atoms with E-state index in [1.54, 1.807) is 6.07 Å². The Morgan fingerprint density at radius 3 is 2.95 bits per heavy atom. The lowest BCUT2D eigenvalue weighted by Gasteiger charge is -2.31. The number of alkyl halides is 1. The van der Waals surface area contributed by atoms with Crippen LogP contribution in [0, 0.1) is 5.92 Å². The first kappa shape index (κ1) is 28.7. The molecule has 0 bridgehead atoms. The molecule has 10 heteroatoms. The van der Waals surface area contributed by atoms with Gasteiger partial charge in [0.1, 0.15) is 18.5 Å². The van der Waals surface area contributed by atoms with E-state index in [2.05, 4.69) is 33.2 Å². The monoisotopic (exact) mass is 599 g/mol. The molecule has 4 aliphatic rings. The summed E-state index contributed by atoms with van der Waals surface area (Å²) in [6, 6.07) is 12.0. The molecule has 0 spiro atoms. The highest BCUT2D eigenvalue weighted by molar-refractivity contribution is 5.95. The molecule has 1 unspecified atom stereocenters. The van der Waals surface area contributed by atoms with Gasteiger partial charge in [-0.1, -0.05) is 30.8 Å². The zero-order valence-corrected chi connectivity index (χ0v) is 25.3. The number of aromatic nitrogens is 2. The third kappa shape index (κ3) is 5.29. The Kier molecular flexibility index (Phi) is 7.48. The number of aromatic hydroxyl groups is 1. The van der Waals surface area contributed by atoms with Crippen molar-refractivity contribution in [2.45, 2.75) is 50.4 Å². The summed E-state index contributed by atoms with van der Waals surface area (Å²) < 4.78 is 22.9. The van der Waals surface area contributed by atoms with Crippen molar-refractivity contribution >= 4 is 34.4 Å². The highest BCUT2D eigenvalue weighted by Gasteiger charge is 2.49. The largest absolute Gasteiger partial charge is 0.508 e. The molecule has 9 nitrogen and oxygen atoms in total. The van der Waals surface area contributed by atoms with Crippen LogP contribution < -0.4 is 9.64 Å². The van der Waals surface area contributed by atoms with Gasteiger partial charge in [0, 0.05) is 67.1 Å². The van der Waals surface area contributed by atoms with E-state index < -0.39 is 6.17 Å². The highest BCUT2D eigenvalue weighted by Crippen LogP contribution is 2.41. The average Bonchev–Trinajstić information content (AvgIpc) is 3.72. The lowest BCUT2D eigenvalue weighted by atomic mass is 9.95. The summed E-state index contributed by atoms with van der Waals surface area (Å²) in [6.07, 6.45) is 6.74. The van der Waals surface area contributed by atoms with Crippen LogP contribution in [0.3, 0.4) is 0 Å². The molecule has 44 heavy (non-hydrogen) atoms. The van der Waals surface area contributed by atoms with Crippen LogP contribution in [0.25, 0.3) is 10.8 Å². The van der Waals surface area contributed by atoms with E-state index in [4.69, 9.17) is 14.7 Å². The quantitative estimate of drug-likeness (QED) is 0.247. The molecule has 0 radical (unpaired) electrons. The molecule has 0 aliphatic carbocycles. The molecule has 5 heterocycles. The van der Waals surface area contributed by atoms with Gasteiger partial charge in [-0.05, 0) is 43.3 Å². The lowest BCUT2D eigenvalue weighted by Crippen LogP contribution is -2.43. The second kappa shape index (κ2) is 11.5. The molecule has 1 amide bonds. The number of amides is 1. The fourth-order valence-electron chi connectivity index (χ4n) is 7.76. The number of hydrogen-bond acceptors (Lipinski definition) is 7. The maximum absolute atomic E-state index is 14.5. The standard InChI is InChI=1S/C34H39FN6O3/c1-3-31(43)40-13-9-23(19-40)18-38(2)32-28-10-14-39(30-16-26(42)15-24-7-4-5-8-27(24)30)21-29(28)36-33(37-32)44-22-34-11-6-12-41(34)20-25(35)17-34/h3-5,7-8,15-16,18,23,25H,1,6,9-14,17,19-22H2,2H3/p+1/t23?,25-,34+/m1/s1. The first-order chi connectivity index (χ1) is 21.3. The van der Waals surface area contributed by atoms with Gasteiger partial charge in [-0.25, -0.2) is 8.97 Å². The van der Waals surface area contributed by atoms with Crippen LogP contribution in [0.1, 0.15) is 36.9 Å². The van der Waals surface area contributed by atoms with Crippen molar-refractivity contribution in [3.05, 3.63) is 60.3 Å². The topological polar surface area (TPSA) is 85.0 Å². The van der Waals surface area contributed by atoms with Crippen molar-refractivity contribution in [2.24, 2.45) is 5.92 Å². The molecular weight excluding hydrogens is 559 g/mol. The van der Waals surface area contributed by atoms with E-state index in [9.17, 15) is 14.3 Å². The highest BCUT2D eigenvalue weighted by atomic mass is 19.1. The van der Waals surface area contributed by atoms with Gasteiger partial charge in [-0.15, -0.1) is 0 Å². The number of hydrogen-bond donors (Lipinski definition) is 1. The summed E-state index contributed by atoms with van der Waals surface area (Å²) in [5, 5.41) is 12.6. The number of nitrogens with zero attached hydrogens (tertiary/aromatic N) is 6. The maximum atomic E-state index is 14.5. The van der Waals surface area contributed by atoms with Crippen LogP contribution in [0.2, 0.25) is 0 Å². The molecule has 1 aromatic heterocycles. The number of likely N-dealkylation sites (tertiary alicyclic amines) is 1. The second-order valence-electron chi connectivity index (χ2n) is 12.8. The van der Waals surface area contributed by atoms with Gasteiger partial charge in [0.05, 0.1) is 36.6 Å². The Hall–Kier alpha value is -4.05. The third-order valence-electron chi connectivity index (χ3n) is 9.90. The van der Waals surface area contributed by atoms with Gasteiger partial charge in [-0.2, -0.15) is 4.98 Å². The maximum Gasteiger partial charge on any atom is 0.434 e. The number of carbonyl (C=O) groups is 1. The van der Waals surface area contributed by atoms with E-state index >= 15 is 0 Å².